The van der Waals surface area contributed by atoms with E-state index in [9.17, 15) is 9.59 Å². The molecular formula is C22H30IN5O2. The second-order valence-electron chi connectivity index (χ2n) is 6.47. The SMILES string of the molecule is CN=C(NCCC(=O)NCc1ccccc1)NCCc1cccc(C(=O)NC)c1.I. The summed E-state index contributed by atoms with van der Waals surface area (Å²) in [6.07, 6.45) is 1.12. The Morgan fingerprint density at radius 1 is 0.900 bits per heavy atom. The first kappa shape index (κ1) is 25.4. The van der Waals surface area contributed by atoms with Crippen molar-refractivity contribution in [2.75, 3.05) is 27.2 Å². The van der Waals surface area contributed by atoms with E-state index in [0.29, 0.717) is 37.6 Å². The summed E-state index contributed by atoms with van der Waals surface area (Å²) in [7, 11) is 3.31. The van der Waals surface area contributed by atoms with Crippen molar-refractivity contribution in [1.82, 2.24) is 21.3 Å². The van der Waals surface area contributed by atoms with Gasteiger partial charge in [0.1, 0.15) is 0 Å². The predicted molar refractivity (Wildman–Crippen MR) is 131 cm³/mol. The molecule has 2 amide bonds. The van der Waals surface area contributed by atoms with Crippen LogP contribution in [-0.2, 0) is 17.8 Å². The molecule has 0 aliphatic rings. The molecule has 0 aliphatic carbocycles. The Morgan fingerprint density at radius 2 is 1.60 bits per heavy atom. The third-order valence-electron chi connectivity index (χ3n) is 4.32. The number of aliphatic imine (C=N–C) groups is 1. The van der Waals surface area contributed by atoms with Crippen molar-refractivity contribution in [2.24, 2.45) is 4.99 Å². The molecule has 0 aromatic heterocycles. The summed E-state index contributed by atoms with van der Waals surface area (Å²) < 4.78 is 0. The van der Waals surface area contributed by atoms with Gasteiger partial charge in [-0.15, -0.1) is 24.0 Å². The first-order valence-electron chi connectivity index (χ1n) is 9.68. The van der Waals surface area contributed by atoms with E-state index in [1.54, 1.807) is 20.2 Å². The fourth-order valence-electron chi connectivity index (χ4n) is 2.74. The minimum atomic E-state index is -0.0946. The minimum absolute atomic E-state index is 0. The number of hydrogen-bond acceptors (Lipinski definition) is 3. The normalized spacial score (nSPS) is 10.5. The van der Waals surface area contributed by atoms with E-state index in [1.165, 1.54) is 0 Å². The zero-order chi connectivity index (χ0) is 20.9. The van der Waals surface area contributed by atoms with Gasteiger partial charge in [-0.05, 0) is 29.7 Å². The number of nitrogens with one attached hydrogen (secondary N) is 4. The van der Waals surface area contributed by atoms with E-state index < -0.39 is 0 Å². The smallest absolute Gasteiger partial charge is 0.251 e. The summed E-state index contributed by atoms with van der Waals surface area (Å²) in [6.45, 7) is 1.69. The fourth-order valence-corrected chi connectivity index (χ4v) is 2.74. The van der Waals surface area contributed by atoms with Gasteiger partial charge in [0.05, 0.1) is 0 Å². The Hall–Kier alpha value is -2.62. The van der Waals surface area contributed by atoms with E-state index in [1.807, 2.05) is 48.5 Å². The molecule has 2 aromatic rings. The lowest BCUT2D eigenvalue weighted by atomic mass is 10.1. The number of rotatable bonds is 9. The lowest BCUT2D eigenvalue weighted by Crippen LogP contribution is -2.40. The number of hydrogen-bond donors (Lipinski definition) is 4. The van der Waals surface area contributed by atoms with Crippen molar-refractivity contribution in [1.29, 1.82) is 0 Å². The van der Waals surface area contributed by atoms with Crippen LogP contribution in [0.4, 0.5) is 0 Å². The maximum absolute atomic E-state index is 12.0. The number of amides is 2. The average Bonchev–Trinajstić information content (AvgIpc) is 2.77. The van der Waals surface area contributed by atoms with Crippen molar-refractivity contribution >= 4 is 41.8 Å². The van der Waals surface area contributed by atoms with Crippen LogP contribution in [0.2, 0.25) is 0 Å². The monoisotopic (exact) mass is 523 g/mol. The zero-order valence-corrected chi connectivity index (χ0v) is 19.7. The molecule has 2 aromatic carbocycles. The van der Waals surface area contributed by atoms with Crippen LogP contribution in [0, 0.1) is 0 Å². The molecule has 162 valence electrons. The molecule has 4 N–H and O–H groups in total. The van der Waals surface area contributed by atoms with Gasteiger partial charge in [0.25, 0.3) is 5.91 Å². The van der Waals surface area contributed by atoms with Crippen LogP contribution < -0.4 is 21.3 Å². The molecule has 8 heteroatoms. The van der Waals surface area contributed by atoms with Crippen LogP contribution in [0.25, 0.3) is 0 Å². The Morgan fingerprint density at radius 3 is 2.30 bits per heavy atom. The number of nitrogens with zero attached hydrogens (tertiary/aromatic N) is 1. The van der Waals surface area contributed by atoms with Gasteiger partial charge in [-0.2, -0.15) is 0 Å². The minimum Gasteiger partial charge on any atom is -0.356 e. The summed E-state index contributed by atoms with van der Waals surface area (Å²) >= 11 is 0. The lowest BCUT2D eigenvalue weighted by Gasteiger charge is -2.12. The number of carbonyl (C=O) groups is 2. The zero-order valence-electron chi connectivity index (χ0n) is 17.4. The van der Waals surface area contributed by atoms with Crippen LogP contribution >= 0.6 is 24.0 Å². The lowest BCUT2D eigenvalue weighted by molar-refractivity contribution is -0.121. The van der Waals surface area contributed by atoms with Gasteiger partial charge in [-0.25, -0.2) is 0 Å². The molecule has 0 radical (unpaired) electrons. The topological polar surface area (TPSA) is 94.6 Å². The molecule has 0 saturated carbocycles. The summed E-state index contributed by atoms with van der Waals surface area (Å²) in [5.74, 6) is 0.536. The van der Waals surface area contributed by atoms with Gasteiger partial charge in [0.15, 0.2) is 5.96 Å². The maximum Gasteiger partial charge on any atom is 0.251 e. The Bertz CT molecular complexity index is 827. The molecule has 0 aliphatic heterocycles. The molecule has 0 spiro atoms. The molecule has 2 rings (SSSR count). The predicted octanol–water partition coefficient (Wildman–Crippen LogP) is 2.08. The van der Waals surface area contributed by atoms with Gasteiger partial charge >= 0.3 is 0 Å². The number of halogens is 1. The molecule has 0 atom stereocenters. The molecule has 0 unspecified atom stereocenters. The van der Waals surface area contributed by atoms with Crippen LogP contribution in [-0.4, -0.2) is 45.0 Å². The highest BCUT2D eigenvalue weighted by atomic mass is 127. The third-order valence-corrected chi connectivity index (χ3v) is 4.32. The molecule has 0 saturated heterocycles. The van der Waals surface area contributed by atoms with Crippen LogP contribution in [0.1, 0.15) is 27.9 Å². The van der Waals surface area contributed by atoms with Crippen molar-refractivity contribution in [3.05, 3.63) is 71.3 Å². The first-order chi connectivity index (χ1) is 14.1. The highest BCUT2D eigenvalue weighted by Gasteiger charge is 2.05. The van der Waals surface area contributed by atoms with E-state index in [4.69, 9.17) is 0 Å². The van der Waals surface area contributed by atoms with Gasteiger partial charge in [-0.3, -0.25) is 14.6 Å². The van der Waals surface area contributed by atoms with Gasteiger partial charge in [0.2, 0.25) is 5.91 Å². The standard InChI is InChI=1S/C22H29N5O2.HI/c1-23-21(29)19-10-6-9-17(15-19)11-13-25-22(24-2)26-14-12-20(28)27-16-18-7-4-3-5-8-18;/h3-10,15H,11-14,16H2,1-2H3,(H,23,29)(H,27,28)(H2,24,25,26);1H. The van der Waals surface area contributed by atoms with Crippen LogP contribution in [0.3, 0.4) is 0 Å². The third kappa shape index (κ3) is 9.25. The van der Waals surface area contributed by atoms with E-state index in [0.717, 1.165) is 17.5 Å². The maximum atomic E-state index is 12.0. The van der Waals surface area contributed by atoms with E-state index in [2.05, 4.69) is 26.3 Å². The molecule has 30 heavy (non-hydrogen) atoms. The summed E-state index contributed by atoms with van der Waals surface area (Å²) in [5, 5.41) is 11.9. The van der Waals surface area contributed by atoms with Crippen molar-refractivity contribution in [3.63, 3.8) is 0 Å². The van der Waals surface area contributed by atoms with E-state index >= 15 is 0 Å². The van der Waals surface area contributed by atoms with Crippen LogP contribution in [0.5, 0.6) is 0 Å². The van der Waals surface area contributed by atoms with Crippen LogP contribution in [0.15, 0.2) is 59.6 Å². The summed E-state index contributed by atoms with van der Waals surface area (Å²) in [5.41, 5.74) is 2.79. The van der Waals surface area contributed by atoms with Crippen molar-refractivity contribution in [2.45, 2.75) is 19.4 Å². The Kier molecular flexibility index (Phi) is 12.2. The Balaban J connectivity index is 0.00000450. The van der Waals surface area contributed by atoms with Crippen molar-refractivity contribution in [3.8, 4) is 0 Å². The first-order valence-corrected chi connectivity index (χ1v) is 9.68. The molecule has 0 fully saturated rings. The fraction of sp³-hybridized carbons (Fsp3) is 0.318. The quantitative estimate of drug-likeness (QED) is 0.230. The summed E-state index contributed by atoms with van der Waals surface area (Å²) in [6, 6.07) is 17.4. The number of benzene rings is 2. The van der Waals surface area contributed by atoms with E-state index in [-0.39, 0.29) is 35.8 Å². The molecular weight excluding hydrogens is 493 g/mol. The average molecular weight is 523 g/mol. The second-order valence-corrected chi connectivity index (χ2v) is 6.47. The van der Waals surface area contributed by atoms with Gasteiger partial charge in [-0.1, -0.05) is 42.5 Å². The number of guanidine groups is 1. The van der Waals surface area contributed by atoms with Gasteiger partial charge < -0.3 is 21.3 Å². The summed E-state index contributed by atoms with van der Waals surface area (Å²) in [4.78, 5) is 27.8. The van der Waals surface area contributed by atoms with Gasteiger partial charge in [0, 0.05) is 45.7 Å². The Labute approximate surface area is 195 Å². The number of carbonyl (C=O) groups excluding carboxylic acids is 2. The van der Waals surface area contributed by atoms with Crippen molar-refractivity contribution < 1.29 is 9.59 Å². The largest absolute Gasteiger partial charge is 0.356 e. The molecule has 0 bridgehead atoms. The highest BCUT2D eigenvalue weighted by Crippen LogP contribution is 2.05. The second kappa shape index (κ2) is 14.4. The molecule has 0 heterocycles. The highest BCUT2D eigenvalue weighted by molar-refractivity contribution is 14.0. The molecule has 7 nitrogen and oxygen atoms in total.